The summed E-state index contributed by atoms with van der Waals surface area (Å²) in [5, 5.41) is 11.4. The molecule has 0 saturated carbocycles. The molecule has 0 aliphatic carbocycles. The summed E-state index contributed by atoms with van der Waals surface area (Å²) < 4.78 is 0. The molecule has 4 amide bonds. The van der Waals surface area contributed by atoms with Crippen molar-refractivity contribution in [2.24, 2.45) is 0 Å². The van der Waals surface area contributed by atoms with Crippen LogP contribution in [0, 0.1) is 25.7 Å². The Labute approximate surface area is 210 Å². The largest absolute Gasteiger partial charge is 0.323 e. The highest BCUT2D eigenvalue weighted by atomic mass is 16.2. The Kier molecular flexibility index (Phi) is 7.64. The highest BCUT2D eigenvalue weighted by Crippen LogP contribution is 2.18. The topological polar surface area (TPSA) is 82.3 Å². The van der Waals surface area contributed by atoms with Gasteiger partial charge in [0.05, 0.1) is 11.4 Å². The Morgan fingerprint density at radius 1 is 0.500 bits per heavy atom. The van der Waals surface area contributed by atoms with Crippen LogP contribution in [-0.2, 0) is 0 Å². The SMILES string of the molecule is Cc1ccc(NC(=O)Nc2ccccc2C#Cc2ccccc2NC(=O)Nc2ccc(C)cc2)cc1. The molecular weight excluding hydrogens is 448 g/mol. The molecule has 4 rings (SSSR count). The van der Waals surface area contributed by atoms with Crippen LogP contribution in [0.25, 0.3) is 0 Å². The minimum atomic E-state index is -0.358. The molecule has 0 saturated heterocycles. The number of amides is 4. The van der Waals surface area contributed by atoms with Gasteiger partial charge in [-0.2, -0.15) is 0 Å². The Morgan fingerprint density at radius 2 is 0.861 bits per heavy atom. The van der Waals surface area contributed by atoms with E-state index in [1.165, 1.54) is 0 Å². The van der Waals surface area contributed by atoms with E-state index in [1.807, 2.05) is 98.8 Å². The fourth-order valence-electron chi connectivity index (χ4n) is 3.38. The average molecular weight is 475 g/mol. The Morgan fingerprint density at radius 3 is 1.25 bits per heavy atom. The van der Waals surface area contributed by atoms with Crippen molar-refractivity contribution in [1.29, 1.82) is 0 Å². The molecule has 4 aromatic rings. The number of nitrogens with one attached hydrogen (secondary N) is 4. The van der Waals surface area contributed by atoms with Crippen molar-refractivity contribution >= 4 is 34.8 Å². The first kappa shape index (κ1) is 24.1. The molecule has 4 N–H and O–H groups in total. The minimum Gasteiger partial charge on any atom is -0.308 e. The maximum Gasteiger partial charge on any atom is 0.323 e. The lowest BCUT2D eigenvalue weighted by atomic mass is 10.1. The highest BCUT2D eigenvalue weighted by molar-refractivity contribution is 6.01. The van der Waals surface area contributed by atoms with Crippen LogP contribution in [0.4, 0.5) is 32.3 Å². The lowest BCUT2D eigenvalue weighted by Gasteiger charge is -2.10. The summed E-state index contributed by atoms with van der Waals surface area (Å²) in [4.78, 5) is 25.0. The molecule has 0 unspecified atom stereocenters. The molecule has 6 nitrogen and oxygen atoms in total. The standard InChI is InChI=1S/C30H26N4O2/c1-21-11-17-25(18-12-21)31-29(35)33-27-9-5-3-7-23(27)15-16-24-8-4-6-10-28(24)34-30(36)32-26-19-13-22(2)14-20-26/h3-14,17-20H,1-2H3,(H2,31,33,35)(H2,32,34,36). The van der Waals surface area contributed by atoms with E-state index in [9.17, 15) is 9.59 Å². The second-order valence-electron chi connectivity index (χ2n) is 8.23. The fraction of sp³-hybridized carbons (Fsp3) is 0.0667. The summed E-state index contributed by atoms with van der Waals surface area (Å²) in [7, 11) is 0. The van der Waals surface area contributed by atoms with Crippen LogP contribution in [0.3, 0.4) is 0 Å². The van der Waals surface area contributed by atoms with E-state index < -0.39 is 0 Å². The van der Waals surface area contributed by atoms with Gasteiger partial charge < -0.3 is 21.3 Å². The molecular formula is C30H26N4O2. The lowest BCUT2D eigenvalue weighted by Crippen LogP contribution is -2.20. The molecule has 0 atom stereocenters. The van der Waals surface area contributed by atoms with Crippen LogP contribution >= 0.6 is 0 Å². The van der Waals surface area contributed by atoms with Gasteiger partial charge in [0.15, 0.2) is 0 Å². The van der Waals surface area contributed by atoms with E-state index >= 15 is 0 Å². The lowest BCUT2D eigenvalue weighted by molar-refractivity contribution is 0.261. The zero-order valence-electron chi connectivity index (χ0n) is 20.1. The van der Waals surface area contributed by atoms with Gasteiger partial charge in [-0.15, -0.1) is 0 Å². The van der Waals surface area contributed by atoms with Crippen molar-refractivity contribution in [3.8, 4) is 11.8 Å². The molecule has 0 spiro atoms. The Balaban J connectivity index is 1.47. The third-order valence-electron chi connectivity index (χ3n) is 5.30. The smallest absolute Gasteiger partial charge is 0.308 e. The fourth-order valence-corrected chi connectivity index (χ4v) is 3.38. The minimum absolute atomic E-state index is 0.358. The monoisotopic (exact) mass is 474 g/mol. The molecule has 0 aromatic heterocycles. The number of para-hydroxylation sites is 2. The molecule has 0 heterocycles. The van der Waals surface area contributed by atoms with Crippen LogP contribution in [0.2, 0.25) is 0 Å². The Bertz CT molecular complexity index is 1320. The molecule has 0 bridgehead atoms. The third-order valence-corrected chi connectivity index (χ3v) is 5.30. The van der Waals surface area contributed by atoms with Crippen molar-refractivity contribution < 1.29 is 9.59 Å². The highest BCUT2D eigenvalue weighted by Gasteiger charge is 2.08. The van der Waals surface area contributed by atoms with E-state index in [2.05, 4.69) is 33.1 Å². The van der Waals surface area contributed by atoms with Gasteiger partial charge in [0.25, 0.3) is 0 Å². The van der Waals surface area contributed by atoms with Gasteiger partial charge in [0, 0.05) is 22.5 Å². The van der Waals surface area contributed by atoms with Crippen molar-refractivity contribution in [1.82, 2.24) is 0 Å². The first-order chi connectivity index (χ1) is 17.5. The number of aryl methyl sites for hydroxylation is 2. The predicted molar refractivity (Wildman–Crippen MR) is 147 cm³/mol. The molecule has 4 aromatic carbocycles. The molecule has 0 aliphatic heterocycles. The summed E-state index contributed by atoms with van der Waals surface area (Å²) in [5.41, 5.74) is 6.09. The van der Waals surface area contributed by atoms with Gasteiger partial charge in [0.1, 0.15) is 0 Å². The number of anilines is 4. The molecule has 6 heteroatoms. The van der Waals surface area contributed by atoms with Crippen LogP contribution in [0.15, 0.2) is 97.1 Å². The average Bonchev–Trinajstić information content (AvgIpc) is 2.87. The summed E-state index contributed by atoms with van der Waals surface area (Å²) in [6.45, 7) is 3.98. The number of hydrogen-bond donors (Lipinski definition) is 4. The van der Waals surface area contributed by atoms with Gasteiger partial charge in [-0.05, 0) is 62.4 Å². The predicted octanol–water partition coefficient (Wildman–Crippen LogP) is 6.99. The first-order valence-corrected chi connectivity index (χ1v) is 11.5. The van der Waals surface area contributed by atoms with Crippen molar-refractivity contribution in [2.75, 3.05) is 21.3 Å². The number of carbonyl (C=O) groups excluding carboxylic acids is 2. The van der Waals surface area contributed by atoms with Crippen LogP contribution in [0.1, 0.15) is 22.3 Å². The van der Waals surface area contributed by atoms with Gasteiger partial charge in [-0.3, -0.25) is 0 Å². The molecule has 0 fully saturated rings. The van der Waals surface area contributed by atoms with Gasteiger partial charge in [-0.1, -0.05) is 71.5 Å². The molecule has 0 radical (unpaired) electrons. The number of hydrogen-bond acceptors (Lipinski definition) is 2. The molecule has 36 heavy (non-hydrogen) atoms. The second-order valence-corrected chi connectivity index (χ2v) is 8.23. The summed E-state index contributed by atoms with van der Waals surface area (Å²) in [6, 6.07) is 29.0. The summed E-state index contributed by atoms with van der Waals surface area (Å²) in [6.07, 6.45) is 0. The zero-order chi connectivity index (χ0) is 25.3. The van der Waals surface area contributed by atoms with Crippen molar-refractivity contribution in [2.45, 2.75) is 13.8 Å². The van der Waals surface area contributed by atoms with Crippen LogP contribution < -0.4 is 21.3 Å². The van der Waals surface area contributed by atoms with Crippen LogP contribution in [0.5, 0.6) is 0 Å². The summed E-state index contributed by atoms with van der Waals surface area (Å²) in [5.74, 6) is 6.22. The van der Waals surface area contributed by atoms with E-state index in [0.29, 0.717) is 33.9 Å². The second kappa shape index (κ2) is 11.4. The van der Waals surface area contributed by atoms with Crippen molar-refractivity contribution in [3.63, 3.8) is 0 Å². The van der Waals surface area contributed by atoms with E-state index in [-0.39, 0.29) is 12.1 Å². The number of urea groups is 2. The maximum absolute atomic E-state index is 12.5. The van der Waals surface area contributed by atoms with Gasteiger partial charge in [-0.25, -0.2) is 9.59 Å². The molecule has 178 valence electrons. The quantitative estimate of drug-likeness (QED) is 0.240. The van der Waals surface area contributed by atoms with Gasteiger partial charge in [0.2, 0.25) is 0 Å². The number of benzene rings is 4. The summed E-state index contributed by atoms with van der Waals surface area (Å²) >= 11 is 0. The van der Waals surface area contributed by atoms with Crippen molar-refractivity contribution in [3.05, 3.63) is 119 Å². The first-order valence-electron chi connectivity index (χ1n) is 11.5. The van der Waals surface area contributed by atoms with Crippen LogP contribution in [-0.4, -0.2) is 12.1 Å². The van der Waals surface area contributed by atoms with Gasteiger partial charge >= 0.3 is 12.1 Å². The van der Waals surface area contributed by atoms with E-state index in [4.69, 9.17) is 0 Å². The number of carbonyl (C=O) groups is 2. The van der Waals surface area contributed by atoms with E-state index in [0.717, 1.165) is 11.1 Å². The normalized spacial score (nSPS) is 9.94. The van der Waals surface area contributed by atoms with E-state index in [1.54, 1.807) is 12.1 Å². The maximum atomic E-state index is 12.5. The molecule has 0 aliphatic rings. The Hall–Kier alpha value is -5.02. The number of rotatable bonds is 4. The third kappa shape index (κ3) is 6.75. The zero-order valence-corrected chi connectivity index (χ0v) is 20.1.